The molecular formula is C22H21ClN7NaO12S2. The van der Waals surface area contributed by atoms with Crippen molar-refractivity contribution < 1.29 is 81.0 Å². The molecule has 0 saturated carbocycles. The fourth-order valence-electron chi connectivity index (χ4n) is 3.37. The predicted molar refractivity (Wildman–Crippen MR) is 148 cm³/mol. The molecule has 1 saturated heterocycles. The summed E-state index contributed by atoms with van der Waals surface area (Å²) in [5.74, 6) is -6.22. The molecular weight excluding hydrogens is 677 g/mol. The Morgan fingerprint density at radius 1 is 1.24 bits per heavy atom. The van der Waals surface area contributed by atoms with E-state index in [0.29, 0.717) is 5.56 Å². The summed E-state index contributed by atoms with van der Waals surface area (Å²) in [5.41, 5.74) is 2.47. The zero-order valence-electron chi connectivity index (χ0n) is 23.4. The summed E-state index contributed by atoms with van der Waals surface area (Å²) in [6.45, 7) is 2.12. The third kappa shape index (κ3) is 9.15. The van der Waals surface area contributed by atoms with Crippen molar-refractivity contribution in [2.24, 2.45) is 10.9 Å². The van der Waals surface area contributed by atoms with Gasteiger partial charge in [0.1, 0.15) is 24.2 Å². The molecule has 0 unspecified atom stereocenters. The van der Waals surface area contributed by atoms with Gasteiger partial charge in [-0.05, 0) is 31.5 Å². The Kier molecular flexibility index (Phi) is 12.5. The first-order valence-electron chi connectivity index (χ1n) is 11.8. The Morgan fingerprint density at radius 3 is 2.40 bits per heavy atom. The van der Waals surface area contributed by atoms with E-state index in [0.717, 1.165) is 11.3 Å². The van der Waals surface area contributed by atoms with Crippen LogP contribution in [0.5, 0.6) is 0 Å². The Morgan fingerprint density at radius 2 is 1.87 bits per heavy atom. The van der Waals surface area contributed by atoms with Crippen LogP contribution in [-0.4, -0.2) is 86.1 Å². The molecule has 3 rings (SSSR count). The van der Waals surface area contributed by atoms with Gasteiger partial charge in [-0.15, -0.1) is 22.9 Å². The van der Waals surface area contributed by atoms with E-state index in [1.165, 1.54) is 43.5 Å². The Labute approximate surface area is 284 Å². The molecule has 0 spiro atoms. The van der Waals surface area contributed by atoms with E-state index < -0.39 is 74.1 Å². The number of thiazole rings is 1. The van der Waals surface area contributed by atoms with Gasteiger partial charge in [0.25, 0.3) is 17.5 Å². The van der Waals surface area contributed by atoms with Crippen molar-refractivity contribution in [1.82, 2.24) is 14.6 Å². The number of carbonyl (C=O) groups is 5. The maximum absolute atomic E-state index is 13.2. The number of nitrogens with one attached hydrogen (secondary N) is 2. The van der Waals surface area contributed by atoms with Crippen LogP contribution in [0.2, 0.25) is 0 Å². The van der Waals surface area contributed by atoms with Crippen molar-refractivity contribution in [1.29, 1.82) is 0 Å². The number of nitrogens with two attached hydrogens (primary N) is 1. The molecule has 1 aromatic carbocycles. The summed E-state index contributed by atoms with van der Waals surface area (Å²) in [7, 11) is -5.45. The summed E-state index contributed by atoms with van der Waals surface area (Å²) in [4.78, 5) is 81.1. The fraction of sp³-hybridized carbons (Fsp3) is 0.318. The SMILES string of the molecule is CC(C)(ON=C(C(=O)N[C@@H]1C(=O)N(S(=O)(=O)[O-])[C@@H]1C(N)=O)c1csc(NC(=O)CCl)n1)C(=O)OCc1ccc([N+](=O)[O-])cc1.[Na+]. The minimum absolute atomic E-state index is 0. The van der Waals surface area contributed by atoms with Gasteiger partial charge >= 0.3 is 35.5 Å². The second-order valence-corrected chi connectivity index (χ2v) is 11.5. The predicted octanol–water partition coefficient (Wildman–Crippen LogP) is -3.88. The van der Waals surface area contributed by atoms with E-state index in [1.54, 1.807) is 0 Å². The molecule has 1 aliphatic heterocycles. The maximum Gasteiger partial charge on any atom is 1.00 e. The second kappa shape index (κ2) is 15.0. The minimum Gasteiger partial charge on any atom is -0.731 e. The second-order valence-electron chi connectivity index (χ2n) is 9.15. The number of oxime groups is 1. The van der Waals surface area contributed by atoms with E-state index in [2.05, 4.69) is 15.5 Å². The van der Waals surface area contributed by atoms with Gasteiger partial charge in [0, 0.05) is 17.5 Å². The van der Waals surface area contributed by atoms with Crippen molar-refractivity contribution >= 4 is 79.4 Å². The third-order valence-electron chi connectivity index (χ3n) is 5.57. The van der Waals surface area contributed by atoms with Crippen molar-refractivity contribution in [3.8, 4) is 0 Å². The van der Waals surface area contributed by atoms with Gasteiger partial charge < -0.3 is 30.5 Å². The number of benzene rings is 1. The quantitative estimate of drug-likeness (QED) is 0.0264. The number of non-ortho nitro benzene ring substituents is 1. The fourth-order valence-corrected chi connectivity index (χ4v) is 4.99. The number of ether oxygens (including phenoxy) is 1. The number of rotatable bonds is 13. The number of nitro benzene ring substituents is 1. The van der Waals surface area contributed by atoms with Crippen molar-refractivity contribution in [2.45, 2.75) is 38.1 Å². The molecule has 1 fully saturated rings. The van der Waals surface area contributed by atoms with Gasteiger partial charge in [0.15, 0.2) is 27.2 Å². The number of alkyl halides is 1. The maximum atomic E-state index is 13.2. The van der Waals surface area contributed by atoms with E-state index >= 15 is 0 Å². The summed E-state index contributed by atoms with van der Waals surface area (Å²) < 4.78 is 38.9. The number of primary amides is 1. The summed E-state index contributed by atoms with van der Waals surface area (Å²) >= 11 is 6.27. The minimum atomic E-state index is -5.45. The first-order valence-corrected chi connectivity index (χ1v) is 14.6. The van der Waals surface area contributed by atoms with Gasteiger partial charge in [-0.2, -0.15) is 0 Å². The van der Waals surface area contributed by atoms with Crippen LogP contribution in [0, 0.1) is 10.1 Å². The van der Waals surface area contributed by atoms with Crippen LogP contribution in [0.4, 0.5) is 10.8 Å². The van der Waals surface area contributed by atoms with Gasteiger partial charge in [0.05, 0.1) is 4.92 Å². The van der Waals surface area contributed by atoms with Crippen LogP contribution in [0.1, 0.15) is 25.1 Å². The molecule has 4 amide bonds. The monoisotopic (exact) mass is 697 g/mol. The smallest absolute Gasteiger partial charge is 0.731 e. The van der Waals surface area contributed by atoms with Crippen LogP contribution < -0.4 is 45.9 Å². The van der Waals surface area contributed by atoms with Crippen molar-refractivity contribution in [3.05, 3.63) is 51.0 Å². The van der Waals surface area contributed by atoms with E-state index in [4.69, 9.17) is 26.9 Å². The Balaban J connectivity index is 0.00000705. The zero-order chi connectivity index (χ0) is 33.0. The molecule has 4 N–H and O–H groups in total. The molecule has 45 heavy (non-hydrogen) atoms. The molecule has 2 aromatic rings. The van der Waals surface area contributed by atoms with Crippen molar-refractivity contribution in [3.63, 3.8) is 0 Å². The Bertz CT molecular complexity index is 1650. The number of amides is 4. The molecule has 0 radical (unpaired) electrons. The number of halogens is 1. The number of carbonyl (C=O) groups excluding carboxylic acids is 5. The van der Waals surface area contributed by atoms with Gasteiger partial charge in [-0.3, -0.25) is 29.3 Å². The summed E-state index contributed by atoms with van der Waals surface area (Å²) in [5, 5.41) is 20.0. The average molecular weight is 698 g/mol. The van der Waals surface area contributed by atoms with E-state index in [-0.39, 0.29) is 57.0 Å². The van der Waals surface area contributed by atoms with Crippen molar-refractivity contribution in [2.75, 3.05) is 11.2 Å². The molecule has 2 atom stereocenters. The first-order chi connectivity index (χ1) is 20.5. The van der Waals surface area contributed by atoms with Crippen LogP contribution in [0.25, 0.3) is 0 Å². The number of hydrogen-bond acceptors (Lipinski definition) is 15. The average Bonchev–Trinajstić information content (AvgIpc) is 3.39. The summed E-state index contributed by atoms with van der Waals surface area (Å²) in [6, 6.07) is 1.21. The third-order valence-corrected chi connectivity index (χ3v) is 7.46. The number of hydrogen-bond donors (Lipinski definition) is 3. The normalized spacial score (nSPS) is 16.5. The molecule has 236 valence electrons. The summed E-state index contributed by atoms with van der Waals surface area (Å²) in [6.07, 6.45) is 0. The molecule has 0 aliphatic carbocycles. The number of nitrogens with zero attached hydrogens (tertiary/aromatic N) is 4. The largest absolute Gasteiger partial charge is 1.00 e. The molecule has 2 heterocycles. The molecule has 0 bridgehead atoms. The number of esters is 1. The van der Waals surface area contributed by atoms with Gasteiger partial charge in [0.2, 0.25) is 17.4 Å². The number of aromatic nitrogens is 1. The van der Waals surface area contributed by atoms with Gasteiger partial charge in [-0.1, -0.05) is 5.16 Å². The standard InChI is InChI=1S/C22H22ClN7O12S2.Na/c1-22(2,20(35)41-8-10-3-5-11(6-4-10)30(36)37)42-28-14(12-9-43-21(25-12)26-13(31)7-23)18(33)27-15-16(17(24)32)29(19(15)34)44(38,39)40;/h3-6,9,15-16H,7-8H2,1-2H3,(H2,24,32)(H,27,33)(H,25,26,31)(H,38,39,40);/q;+1/p-1/t15-,16-;/m0./s1. The van der Waals surface area contributed by atoms with E-state index in [1.807, 2.05) is 5.32 Å². The Hall–Kier alpha value is -3.73. The van der Waals surface area contributed by atoms with Crippen LogP contribution >= 0.6 is 22.9 Å². The molecule has 1 aliphatic rings. The van der Waals surface area contributed by atoms with E-state index in [9.17, 15) is 47.1 Å². The zero-order valence-corrected chi connectivity index (χ0v) is 27.8. The van der Waals surface area contributed by atoms with Crippen LogP contribution in [0.3, 0.4) is 0 Å². The molecule has 1 aromatic heterocycles. The first kappa shape index (κ1) is 37.5. The van der Waals surface area contributed by atoms with Crippen LogP contribution in [0.15, 0.2) is 34.8 Å². The topological polar surface area (TPSA) is 283 Å². The number of β-lactam (4-membered cyclic amide) rings is 1. The van der Waals surface area contributed by atoms with Crippen LogP contribution in [-0.2, 0) is 50.5 Å². The molecule has 19 nitrogen and oxygen atoms in total. The number of anilines is 1. The number of nitro groups is 1. The van der Waals surface area contributed by atoms with Gasteiger partial charge in [-0.25, -0.2) is 22.5 Å². The molecule has 23 heteroatoms.